The molecule has 25 heavy (non-hydrogen) atoms. The zero-order valence-electron chi connectivity index (χ0n) is 14.6. The van der Waals surface area contributed by atoms with Gasteiger partial charge in [-0.2, -0.15) is 0 Å². The first-order valence-corrected chi connectivity index (χ1v) is 8.12. The molecule has 1 aromatic carbocycles. The minimum atomic E-state index is -0.258. The van der Waals surface area contributed by atoms with Crippen molar-refractivity contribution in [3.63, 3.8) is 0 Å². The Bertz CT molecular complexity index is 782. The summed E-state index contributed by atoms with van der Waals surface area (Å²) in [5.74, 6) is 1.38. The number of piperazine rings is 1. The van der Waals surface area contributed by atoms with Gasteiger partial charge in [0.25, 0.3) is 5.91 Å². The van der Waals surface area contributed by atoms with Crippen LogP contribution in [0.2, 0.25) is 0 Å². The monoisotopic (exact) mass is 343 g/mol. The smallest absolute Gasteiger partial charge is 0.276 e. The molecule has 2 heterocycles. The van der Waals surface area contributed by atoms with E-state index in [1.807, 2.05) is 24.3 Å². The average molecular weight is 343 g/mol. The third kappa shape index (κ3) is 3.65. The predicted octanol–water partition coefficient (Wildman–Crippen LogP) is 1.78. The number of hydrogen-bond acceptors (Lipinski definition) is 5. The Balaban J connectivity index is 1.63. The standard InChI is InChI=1S/C18H21N3O4/c1-12-17(19-13(2)25-12)18(23)21-9-8-20(16(22)11-21)10-14-4-6-15(24-3)7-5-14/h4-7H,8-11H2,1-3H3. The molecule has 0 bridgehead atoms. The van der Waals surface area contributed by atoms with Gasteiger partial charge in [0.2, 0.25) is 5.91 Å². The molecular weight excluding hydrogens is 322 g/mol. The van der Waals surface area contributed by atoms with E-state index in [4.69, 9.17) is 9.15 Å². The molecule has 0 atom stereocenters. The van der Waals surface area contributed by atoms with Crippen molar-refractivity contribution in [3.8, 4) is 5.75 Å². The summed E-state index contributed by atoms with van der Waals surface area (Å²) in [7, 11) is 1.62. The maximum Gasteiger partial charge on any atom is 0.276 e. The molecule has 0 aliphatic carbocycles. The molecule has 2 amide bonds. The van der Waals surface area contributed by atoms with Gasteiger partial charge in [-0.05, 0) is 24.6 Å². The summed E-state index contributed by atoms with van der Waals surface area (Å²) < 4.78 is 10.4. The molecule has 0 radical (unpaired) electrons. The summed E-state index contributed by atoms with van der Waals surface area (Å²) in [6, 6.07) is 7.61. The Kier molecular flexibility index (Phi) is 4.74. The lowest BCUT2D eigenvalue weighted by atomic mass is 10.2. The largest absolute Gasteiger partial charge is 0.497 e. The molecule has 0 N–H and O–H groups in total. The fourth-order valence-corrected chi connectivity index (χ4v) is 2.88. The molecule has 7 heteroatoms. The van der Waals surface area contributed by atoms with Gasteiger partial charge in [0, 0.05) is 26.6 Å². The van der Waals surface area contributed by atoms with Gasteiger partial charge in [-0.15, -0.1) is 0 Å². The van der Waals surface area contributed by atoms with Gasteiger partial charge in [-0.3, -0.25) is 9.59 Å². The quantitative estimate of drug-likeness (QED) is 0.846. The van der Waals surface area contributed by atoms with Crippen LogP contribution in [0, 0.1) is 13.8 Å². The fraction of sp³-hybridized carbons (Fsp3) is 0.389. The maximum atomic E-state index is 12.5. The van der Waals surface area contributed by atoms with E-state index in [2.05, 4.69) is 4.98 Å². The molecule has 1 fully saturated rings. The number of aromatic nitrogens is 1. The van der Waals surface area contributed by atoms with Crippen molar-refractivity contribution in [2.24, 2.45) is 0 Å². The molecule has 1 aliphatic heterocycles. The van der Waals surface area contributed by atoms with E-state index in [1.54, 1.807) is 25.9 Å². The molecule has 2 aromatic rings. The van der Waals surface area contributed by atoms with Crippen LogP contribution in [0.3, 0.4) is 0 Å². The maximum absolute atomic E-state index is 12.5. The number of ether oxygens (including phenoxy) is 1. The second kappa shape index (κ2) is 6.96. The van der Waals surface area contributed by atoms with Gasteiger partial charge < -0.3 is 19.0 Å². The summed E-state index contributed by atoms with van der Waals surface area (Å²) in [6.45, 7) is 4.95. The van der Waals surface area contributed by atoms with Crippen LogP contribution < -0.4 is 4.74 Å². The lowest BCUT2D eigenvalue weighted by molar-refractivity contribution is -0.135. The number of carbonyl (C=O) groups is 2. The molecule has 0 spiro atoms. The Morgan fingerprint density at radius 2 is 1.96 bits per heavy atom. The number of oxazole rings is 1. The van der Waals surface area contributed by atoms with Crippen molar-refractivity contribution >= 4 is 11.8 Å². The molecule has 7 nitrogen and oxygen atoms in total. The van der Waals surface area contributed by atoms with Gasteiger partial charge in [0.05, 0.1) is 7.11 Å². The summed E-state index contributed by atoms with van der Waals surface area (Å²) in [5, 5.41) is 0. The highest BCUT2D eigenvalue weighted by Crippen LogP contribution is 2.17. The second-order valence-corrected chi connectivity index (χ2v) is 6.03. The lowest BCUT2D eigenvalue weighted by Gasteiger charge is -2.34. The van der Waals surface area contributed by atoms with E-state index < -0.39 is 0 Å². The van der Waals surface area contributed by atoms with Gasteiger partial charge in [-0.1, -0.05) is 12.1 Å². The third-order valence-electron chi connectivity index (χ3n) is 4.24. The van der Waals surface area contributed by atoms with Crippen molar-refractivity contribution in [2.45, 2.75) is 20.4 Å². The molecule has 1 aromatic heterocycles. The van der Waals surface area contributed by atoms with E-state index in [1.165, 1.54) is 4.90 Å². The average Bonchev–Trinajstić information content (AvgIpc) is 2.95. The van der Waals surface area contributed by atoms with Crippen LogP contribution in [0.1, 0.15) is 27.7 Å². The molecular formula is C18H21N3O4. The first kappa shape index (κ1) is 17.0. The summed E-state index contributed by atoms with van der Waals surface area (Å²) >= 11 is 0. The number of nitrogens with zero attached hydrogens (tertiary/aromatic N) is 3. The molecule has 132 valence electrons. The molecule has 1 saturated heterocycles. The Hall–Kier alpha value is -2.83. The van der Waals surface area contributed by atoms with E-state index in [-0.39, 0.29) is 24.1 Å². The Labute approximate surface area is 146 Å². The number of hydrogen-bond donors (Lipinski definition) is 0. The minimum Gasteiger partial charge on any atom is -0.497 e. The highest BCUT2D eigenvalue weighted by Gasteiger charge is 2.30. The SMILES string of the molecule is COc1ccc(CN2CCN(C(=O)c3nc(C)oc3C)CC2=O)cc1. The van der Waals surface area contributed by atoms with Gasteiger partial charge in [0.15, 0.2) is 11.6 Å². The van der Waals surface area contributed by atoms with Crippen molar-refractivity contribution < 1.29 is 18.7 Å². The lowest BCUT2D eigenvalue weighted by Crippen LogP contribution is -2.52. The topological polar surface area (TPSA) is 75.9 Å². The number of carbonyl (C=O) groups excluding carboxylic acids is 2. The molecule has 0 saturated carbocycles. The number of rotatable bonds is 4. The third-order valence-corrected chi connectivity index (χ3v) is 4.24. The summed E-state index contributed by atoms with van der Waals surface area (Å²) in [4.78, 5) is 32.4. The van der Waals surface area contributed by atoms with Gasteiger partial charge in [0.1, 0.15) is 18.1 Å². The highest BCUT2D eigenvalue weighted by atomic mass is 16.5. The summed E-state index contributed by atoms with van der Waals surface area (Å²) in [5.41, 5.74) is 1.31. The van der Waals surface area contributed by atoms with Crippen LogP contribution in [0.25, 0.3) is 0 Å². The highest BCUT2D eigenvalue weighted by molar-refractivity contribution is 5.96. The van der Waals surface area contributed by atoms with Gasteiger partial charge >= 0.3 is 0 Å². The van der Waals surface area contributed by atoms with Crippen LogP contribution in [0.5, 0.6) is 5.75 Å². The van der Waals surface area contributed by atoms with Crippen LogP contribution in [0.4, 0.5) is 0 Å². The van der Waals surface area contributed by atoms with E-state index in [0.717, 1.165) is 11.3 Å². The molecule has 3 rings (SSSR count). The molecule has 0 unspecified atom stereocenters. The van der Waals surface area contributed by atoms with Crippen LogP contribution in [-0.2, 0) is 11.3 Å². The Morgan fingerprint density at radius 1 is 1.24 bits per heavy atom. The zero-order valence-corrected chi connectivity index (χ0v) is 14.6. The predicted molar refractivity (Wildman–Crippen MR) is 90.3 cm³/mol. The van der Waals surface area contributed by atoms with Crippen molar-refractivity contribution in [3.05, 3.63) is 47.2 Å². The summed E-state index contributed by atoms with van der Waals surface area (Å²) in [6.07, 6.45) is 0. The number of aryl methyl sites for hydroxylation is 2. The zero-order chi connectivity index (χ0) is 18.0. The number of amides is 2. The number of methoxy groups -OCH3 is 1. The first-order valence-electron chi connectivity index (χ1n) is 8.12. The number of benzene rings is 1. The molecule has 1 aliphatic rings. The Morgan fingerprint density at radius 3 is 2.52 bits per heavy atom. The van der Waals surface area contributed by atoms with Crippen molar-refractivity contribution in [2.75, 3.05) is 26.7 Å². The fourth-order valence-electron chi connectivity index (χ4n) is 2.88. The second-order valence-electron chi connectivity index (χ2n) is 6.03. The van der Waals surface area contributed by atoms with Crippen LogP contribution in [-0.4, -0.2) is 53.3 Å². The van der Waals surface area contributed by atoms with Crippen LogP contribution >= 0.6 is 0 Å². The first-order chi connectivity index (χ1) is 12.0. The van der Waals surface area contributed by atoms with Gasteiger partial charge in [-0.25, -0.2) is 4.98 Å². The normalized spacial score (nSPS) is 14.8. The van der Waals surface area contributed by atoms with Crippen LogP contribution in [0.15, 0.2) is 28.7 Å². The minimum absolute atomic E-state index is 0.0559. The van der Waals surface area contributed by atoms with E-state index in [0.29, 0.717) is 31.3 Å². The van der Waals surface area contributed by atoms with E-state index in [9.17, 15) is 9.59 Å². The van der Waals surface area contributed by atoms with Crippen molar-refractivity contribution in [1.29, 1.82) is 0 Å². The van der Waals surface area contributed by atoms with E-state index >= 15 is 0 Å². The van der Waals surface area contributed by atoms with Crippen molar-refractivity contribution in [1.82, 2.24) is 14.8 Å².